The van der Waals surface area contributed by atoms with Gasteiger partial charge in [0.1, 0.15) is 0 Å². The van der Waals surface area contributed by atoms with E-state index in [1.54, 1.807) is 11.3 Å². The predicted molar refractivity (Wildman–Crippen MR) is 91.2 cm³/mol. The smallest absolute Gasteiger partial charge is 0.203 e. The maximum atomic E-state index is 5.90. The van der Waals surface area contributed by atoms with Crippen LogP contribution < -0.4 is 5.43 Å². The fourth-order valence-corrected chi connectivity index (χ4v) is 3.36. The zero-order valence-electron chi connectivity index (χ0n) is 12.0. The van der Waals surface area contributed by atoms with Crippen LogP contribution in [-0.4, -0.2) is 10.7 Å². The fraction of sp³-hybridized carbons (Fsp3) is 0.375. The van der Waals surface area contributed by atoms with Crippen molar-refractivity contribution in [2.24, 2.45) is 11.0 Å². The monoisotopic (exact) mass is 319 g/mol. The molecule has 1 atom stereocenters. The van der Waals surface area contributed by atoms with Crippen molar-refractivity contribution in [2.75, 3.05) is 5.43 Å². The molecule has 1 fully saturated rings. The molecule has 0 bridgehead atoms. The minimum Gasteiger partial charge on any atom is -0.253 e. The van der Waals surface area contributed by atoms with E-state index >= 15 is 0 Å². The van der Waals surface area contributed by atoms with Crippen LogP contribution in [0.1, 0.15) is 32.6 Å². The number of aromatic nitrogens is 1. The quantitative estimate of drug-likeness (QED) is 0.765. The number of thiazole rings is 1. The third-order valence-corrected chi connectivity index (χ3v) is 4.70. The molecule has 3 nitrogen and oxygen atoms in total. The Morgan fingerprint density at radius 1 is 1.33 bits per heavy atom. The van der Waals surface area contributed by atoms with Gasteiger partial charge >= 0.3 is 0 Å². The molecule has 1 aromatic carbocycles. The molecule has 0 amide bonds. The van der Waals surface area contributed by atoms with Gasteiger partial charge in [-0.2, -0.15) is 5.10 Å². The molecule has 1 aliphatic rings. The van der Waals surface area contributed by atoms with E-state index in [0.717, 1.165) is 40.2 Å². The average molecular weight is 320 g/mol. The highest BCUT2D eigenvalue weighted by molar-refractivity contribution is 7.14. The lowest BCUT2D eigenvalue weighted by Gasteiger charge is -2.18. The summed E-state index contributed by atoms with van der Waals surface area (Å²) in [6.07, 6.45) is 4.77. The highest BCUT2D eigenvalue weighted by atomic mass is 35.5. The van der Waals surface area contributed by atoms with Gasteiger partial charge in [0.25, 0.3) is 0 Å². The summed E-state index contributed by atoms with van der Waals surface area (Å²) < 4.78 is 0. The number of nitrogens with zero attached hydrogens (tertiary/aromatic N) is 2. The molecule has 5 heteroatoms. The first-order chi connectivity index (χ1) is 10.2. The second-order valence-corrected chi connectivity index (χ2v) is 6.83. The lowest BCUT2D eigenvalue weighted by Crippen LogP contribution is -2.13. The van der Waals surface area contributed by atoms with Crippen LogP contribution in [0.25, 0.3) is 11.3 Å². The molecule has 2 aromatic rings. The summed E-state index contributed by atoms with van der Waals surface area (Å²) >= 11 is 7.48. The minimum atomic E-state index is 0.741. The molecule has 1 unspecified atom stereocenters. The van der Waals surface area contributed by atoms with Crippen molar-refractivity contribution in [1.82, 2.24) is 4.98 Å². The Balaban J connectivity index is 1.67. The number of halogens is 1. The first-order valence-electron chi connectivity index (χ1n) is 7.23. The summed E-state index contributed by atoms with van der Waals surface area (Å²) in [5.41, 5.74) is 6.39. The van der Waals surface area contributed by atoms with E-state index in [2.05, 4.69) is 22.4 Å². The molecule has 0 aliphatic heterocycles. The van der Waals surface area contributed by atoms with Crippen molar-refractivity contribution in [3.63, 3.8) is 0 Å². The molecule has 3 rings (SSSR count). The van der Waals surface area contributed by atoms with Gasteiger partial charge in [-0.05, 0) is 43.7 Å². The Bertz CT molecular complexity index is 633. The van der Waals surface area contributed by atoms with Gasteiger partial charge in [-0.15, -0.1) is 11.3 Å². The van der Waals surface area contributed by atoms with Gasteiger partial charge < -0.3 is 0 Å². The lowest BCUT2D eigenvalue weighted by molar-refractivity contribution is 0.500. The largest absolute Gasteiger partial charge is 0.253 e. The van der Waals surface area contributed by atoms with Gasteiger partial charge in [0.05, 0.1) is 5.69 Å². The summed E-state index contributed by atoms with van der Waals surface area (Å²) in [5.74, 6) is 0.750. The molecular weight excluding hydrogens is 302 g/mol. The second kappa shape index (κ2) is 6.58. The topological polar surface area (TPSA) is 37.3 Å². The van der Waals surface area contributed by atoms with Gasteiger partial charge in [0.2, 0.25) is 5.13 Å². The van der Waals surface area contributed by atoms with E-state index in [1.807, 2.05) is 29.6 Å². The van der Waals surface area contributed by atoms with Crippen molar-refractivity contribution in [3.05, 3.63) is 34.7 Å². The Hall–Kier alpha value is -1.39. The molecule has 0 saturated heterocycles. The third-order valence-electron chi connectivity index (χ3n) is 3.70. The fourth-order valence-electron chi connectivity index (χ4n) is 2.57. The Kier molecular flexibility index (Phi) is 4.56. The average Bonchev–Trinajstić information content (AvgIpc) is 2.95. The van der Waals surface area contributed by atoms with Crippen molar-refractivity contribution < 1.29 is 0 Å². The first-order valence-corrected chi connectivity index (χ1v) is 8.49. The van der Waals surface area contributed by atoms with Crippen LogP contribution in [0.3, 0.4) is 0 Å². The highest BCUT2D eigenvalue weighted by Crippen LogP contribution is 2.26. The number of anilines is 1. The molecule has 21 heavy (non-hydrogen) atoms. The molecule has 0 spiro atoms. The molecule has 1 saturated carbocycles. The molecule has 1 N–H and O–H groups in total. The summed E-state index contributed by atoms with van der Waals surface area (Å²) in [6, 6.07) is 7.73. The SMILES string of the molecule is CC1CCC/C(=N\Nc2nc(-c3ccc(Cl)cc3)cs2)C1. The van der Waals surface area contributed by atoms with Gasteiger partial charge in [0.15, 0.2) is 0 Å². The van der Waals surface area contributed by atoms with Crippen LogP contribution in [-0.2, 0) is 0 Å². The number of rotatable bonds is 3. The van der Waals surface area contributed by atoms with Gasteiger partial charge in [0, 0.05) is 21.7 Å². The van der Waals surface area contributed by atoms with E-state index in [-0.39, 0.29) is 0 Å². The minimum absolute atomic E-state index is 0.741. The number of nitrogens with one attached hydrogen (secondary N) is 1. The van der Waals surface area contributed by atoms with E-state index < -0.39 is 0 Å². The van der Waals surface area contributed by atoms with Crippen LogP contribution in [0, 0.1) is 5.92 Å². The van der Waals surface area contributed by atoms with Gasteiger partial charge in [-0.3, -0.25) is 5.43 Å². The highest BCUT2D eigenvalue weighted by Gasteiger charge is 2.14. The first kappa shape index (κ1) is 14.5. The van der Waals surface area contributed by atoms with Crippen LogP contribution in [0.15, 0.2) is 34.7 Å². The molecule has 0 radical (unpaired) electrons. The lowest BCUT2D eigenvalue weighted by atomic mass is 9.89. The van der Waals surface area contributed by atoms with E-state index in [4.69, 9.17) is 11.6 Å². The second-order valence-electron chi connectivity index (χ2n) is 5.54. The van der Waals surface area contributed by atoms with E-state index in [0.29, 0.717) is 0 Å². The van der Waals surface area contributed by atoms with Crippen LogP contribution in [0.2, 0.25) is 5.02 Å². The van der Waals surface area contributed by atoms with Crippen LogP contribution >= 0.6 is 22.9 Å². The van der Waals surface area contributed by atoms with Gasteiger partial charge in [-0.1, -0.05) is 30.7 Å². The third kappa shape index (κ3) is 3.83. The summed E-state index contributed by atoms with van der Waals surface area (Å²) in [6.45, 7) is 2.29. The number of benzene rings is 1. The predicted octanol–water partition coefficient (Wildman–Crippen LogP) is 5.44. The van der Waals surface area contributed by atoms with E-state index in [9.17, 15) is 0 Å². The molecule has 1 heterocycles. The summed E-state index contributed by atoms with van der Waals surface area (Å²) in [4.78, 5) is 4.57. The molecular formula is C16H18ClN3S. The van der Waals surface area contributed by atoms with Crippen LogP contribution in [0.4, 0.5) is 5.13 Å². The van der Waals surface area contributed by atoms with Crippen LogP contribution in [0.5, 0.6) is 0 Å². The Labute approximate surface area is 134 Å². The maximum absolute atomic E-state index is 5.90. The number of hydrogen-bond acceptors (Lipinski definition) is 4. The van der Waals surface area contributed by atoms with Crippen molar-refractivity contribution in [1.29, 1.82) is 0 Å². The maximum Gasteiger partial charge on any atom is 0.203 e. The zero-order valence-corrected chi connectivity index (χ0v) is 13.5. The van der Waals surface area contributed by atoms with Crippen molar-refractivity contribution in [2.45, 2.75) is 32.6 Å². The van der Waals surface area contributed by atoms with Crippen molar-refractivity contribution >= 4 is 33.8 Å². The standard InChI is InChI=1S/C16H18ClN3S/c1-11-3-2-4-14(9-11)19-20-16-18-15(10-21-16)12-5-7-13(17)8-6-12/h5-8,10-11H,2-4,9H2,1H3,(H,18,20)/b19-14+. The molecule has 1 aromatic heterocycles. The summed E-state index contributed by atoms with van der Waals surface area (Å²) in [7, 11) is 0. The van der Waals surface area contributed by atoms with Crippen molar-refractivity contribution in [3.8, 4) is 11.3 Å². The van der Waals surface area contributed by atoms with E-state index in [1.165, 1.54) is 18.6 Å². The molecule has 1 aliphatic carbocycles. The Morgan fingerprint density at radius 3 is 2.90 bits per heavy atom. The normalized spacial score (nSPS) is 20.7. The Morgan fingerprint density at radius 2 is 2.14 bits per heavy atom. The number of hydrazone groups is 1. The van der Waals surface area contributed by atoms with Gasteiger partial charge in [-0.25, -0.2) is 4.98 Å². The molecule has 110 valence electrons. The summed E-state index contributed by atoms with van der Waals surface area (Å²) in [5, 5.41) is 8.13. The zero-order chi connectivity index (χ0) is 14.7. The number of hydrogen-bond donors (Lipinski definition) is 1.